The van der Waals surface area contributed by atoms with Crippen molar-refractivity contribution < 1.29 is 36.6 Å². The lowest BCUT2D eigenvalue weighted by atomic mass is 9.93. The number of aromatic nitrogens is 2. The van der Waals surface area contributed by atoms with Crippen LogP contribution >= 0.6 is 0 Å². The van der Waals surface area contributed by atoms with Gasteiger partial charge in [0.1, 0.15) is 34.5 Å². The number of rotatable bonds is 10. The molecule has 0 spiro atoms. The molecule has 0 radical (unpaired) electrons. The normalized spacial score (nSPS) is 13.6. The average Bonchev–Trinajstić information content (AvgIpc) is 3.80. The average molecular weight is 675 g/mol. The lowest BCUT2D eigenvalue weighted by Crippen LogP contribution is -2.31. The lowest BCUT2D eigenvalue weighted by Gasteiger charge is -2.21. The Balaban J connectivity index is 1.40. The van der Waals surface area contributed by atoms with E-state index < -0.39 is 7.11 Å². The van der Waals surface area contributed by atoms with Crippen LogP contribution in [0.3, 0.4) is 0 Å². The summed E-state index contributed by atoms with van der Waals surface area (Å²) in [7, 11) is 1.59. The molecule has 4 aromatic carbocycles. The Morgan fingerprint density at radius 3 is 1.28 bits per heavy atom. The molecule has 0 aliphatic carbocycles. The fourth-order valence-corrected chi connectivity index (χ4v) is 6.12. The van der Waals surface area contributed by atoms with Crippen LogP contribution in [0.15, 0.2) is 116 Å². The van der Waals surface area contributed by atoms with Gasteiger partial charge >= 0.3 is 12.9 Å². The molecule has 0 saturated carbocycles. The SMILES string of the molecule is COc1ccc(-c2c[nH]c(C3=CC(c4[nH]cc(-c5ccc(OC)cc5)c4-c4ccc(OC)cc4)=[O+][B-](F)(F)O3)c2-c2ccc(OC)cc2)cc1. The molecule has 0 atom stereocenters. The van der Waals surface area contributed by atoms with Crippen LogP contribution in [0, 0.1) is 0 Å². The first-order valence-electron chi connectivity index (χ1n) is 15.8. The van der Waals surface area contributed by atoms with Gasteiger partial charge in [0.25, 0.3) is 0 Å². The van der Waals surface area contributed by atoms with Crippen molar-refractivity contribution in [2.24, 2.45) is 0 Å². The maximum Gasteiger partial charge on any atom is 0.995 e. The van der Waals surface area contributed by atoms with Crippen LogP contribution in [0.4, 0.5) is 8.63 Å². The van der Waals surface area contributed by atoms with E-state index in [9.17, 15) is 0 Å². The summed E-state index contributed by atoms with van der Waals surface area (Å²) in [6, 6.07) is 29.8. The summed E-state index contributed by atoms with van der Waals surface area (Å²) >= 11 is 0. The zero-order chi connectivity index (χ0) is 34.8. The Hall–Kier alpha value is -6.23. The van der Waals surface area contributed by atoms with Gasteiger partial charge in [-0.3, -0.25) is 0 Å². The molecule has 0 amide bonds. The van der Waals surface area contributed by atoms with Gasteiger partial charge in [-0.15, -0.1) is 0 Å². The predicted octanol–water partition coefficient (Wildman–Crippen LogP) is 9.21. The van der Waals surface area contributed by atoms with E-state index in [-0.39, 0.29) is 11.5 Å². The number of ether oxygens (including phenoxy) is 4. The van der Waals surface area contributed by atoms with E-state index in [4.69, 9.17) is 27.9 Å². The first kappa shape index (κ1) is 32.3. The molecule has 252 valence electrons. The van der Waals surface area contributed by atoms with Gasteiger partial charge in [-0.25, -0.2) is 0 Å². The number of hydrogen-bond acceptors (Lipinski definition) is 5. The molecule has 3 heterocycles. The second-order valence-electron chi connectivity index (χ2n) is 11.5. The number of halogens is 2. The van der Waals surface area contributed by atoms with E-state index in [0.717, 1.165) is 33.4 Å². The monoisotopic (exact) mass is 674 g/mol. The van der Waals surface area contributed by atoms with Crippen LogP contribution in [0.5, 0.6) is 23.0 Å². The van der Waals surface area contributed by atoms with E-state index in [1.54, 1.807) is 40.8 Å². The standard InChI is InChI=1S/C39H33BF2N2O6/c1-45-28-13-5-24(6-14-28)32-22-43-38(36(32)26-9-17-30(47-3)18-10-26)34-21-35(50-40(41,42)49-34)39-37(27-11-19-31(48-4)20-12-27)33(23-44-39)25-7-15-29(46-2)16-8-25/h5-23,43-44H,1-4H3. The molecule has 50 heavy (non-hydrogen) atoms. The van der Waals surface area contributed by atoms with Crippen LogP contribution in [0.2, 0.25) is 0 Å². The number of hydrogen-bond donors (Lipinski definition) is 2. The second kappa shape index (κ2) is 13.4. The Labute approximate surface area is 287 Å². The van der Waals surface area contributed by atoms with Gasteiger partial charge < -0.3 is 46.5 Å². The minimum Gasteiger partial charge on any atom is -0.568 e. The zero-order valence-corrected chi connectivity index (χ0v) is 27.8. The number of carbonyl (C=O) groups excluding carboxylic acids is 1. The first-order chi connectivity index (χ1) is 24.3. The summed E-state index contributed by atoms with van der Waals surface area (Å²) < 4.78 is 63.4. The molecule has 1 aliphatic heterocycles. The number of aromatic amines is 2. The van der Waals surface area contributed by atoms with Gasteiger partial charge in [0.05, 0.1) is 40.2 Å². The van der Waals surface area contributed by atoms with E-state index in [2.05, 4.69) is 9.97 Å². The number of H-pyrrole nitrogens is 2. The highest BCUT2D eigenvalue weighted by atomic mass is 19.3. The molecule has 6 aromatic rings. The Morgan fingerprint density at radius 1 is 0.520 bits per heavy atom. The molecule has 1 aliphatic rings. The van der Waals surface area contributed by atoms with Gasteiger partial charge in [0, 0.05) is 34.6 Å². The lowest BCUT2D eigenvalue weighted by molar-refractivity contribution is -0.183. The highest BCUT2D eigenvalue weighted by Crippen LogP contribution is 2.43. The van der Waals surface area contributed by atoms with Crippen LogP contribution in [-0.2, 0) is 4.65 Å². The highest BCUT2D eigenvalue weighted by molar-refractivity contribution is 6.52. The third-order valence-electron chi connectivity index (χ3n) is 8.60. The van der Waals surface area contributed by atoms with Crippen molar-refractivity contribution in [3.63, 3.8) is 0 Å². The molecule has 0 unspecified atom stereocenters. The van der Waals surface area contributed by atoms with Crippen LogP contribution in [0.25, 0.3) is 50.3 Å². The molecule has 8 nitrogen and oxygen atoms in total. The highest BCUT2D eigenvalue weighted by Gasteiger charge is 2.54. The third-order valence-corrected chi connectivity index (χ3v) is 8.60. The quantitative estimate of drug-likeness (QED) is 0.112. The number of nitrogens with one attached hydrogen (secondary N) is 2. The molecule has 0 fully saturated rings. The number of benzene rings is 4. The fraction of sp³-hybridized carbons (Fsp3) is 0.103. The Morgan fingerprint density at radius 2 is 0.880 bits per heavy atom. The summed E-state index contributed by atoms with van der Waals surface area (Å²) in [6.45, 7) is 0. The van der Waals surface area contributed by atoms with Crippen molar-refractivity contribution in [1.29, 1.82) is 0 Å². The van der Waals surface area contributed by atoms with E-state index in [1.165, 1.54) is 6.08 Å². The molecular formula is C39H33BF2N2O6. The van der Waals surface area contributed by atoms with Gasteiger partial charge in [-0.05, 0) is 70.8 Å². The summed E-state index contributed by atoms with van der Waals surface area (Å²) in [6.07, 6.45) is 5.05. The van der Waals surface area contributed by atoms with Crippen LogP contribution in [0.1, 0.15) is 15.7 Å². The maximum absolute atomic E-state index is 15.6. The third kappa shape index (κ3) is 6.21. The second-order valence-corrected chi connectivity index (χ2v) is 11.5. The van der Waals surface area contributed by atoms with Gasteiger partial charge in [-0.2, -0.15) is 0 Å². The Bertz CT molecular complexity index is 2190. The minimum atomic E-state index is -4.78. The molecule has 0 saturated heterocycles. The number of allylic oxidation sites excluding steroid dienone is 1. The number of ketones is 1. The van der Waals surface area contributed by atoms with Crippen molar-refractivity contribution in [3.05, 3.63) is 127 Å². The van der Waals surface area contributed by atoms with E-state index in [0.29, 0.717) is 45.5 Å². The number of methoxy groups -OCH3 is 4. The largest absolute Gasteiger partial charge is 0.995 e. The summed E-state index contributed by atoms with van der Waals surface area (Å²) in [5.41, 5.74) is 6.84. The summed E-state index contributed by atoms with van der Waals surface area (Å²) in [4.78, 5) is 6.45. The molecular weight excluding hydrogens is 641 g/mol. The first-order valence-corrected chi connectivity index (χ1v) is 15.8. The minimum absolute atomic E-state index is 0.0805. The predicted molar refractivity (Wildman–Crippen MR) is 191 cm³/mol. The van der Waals surface area contributed by atoms with E-state index in [1.807, 2.05) is 97.1 Å². The maximum atomic E-state index is 15.6. The fourth-order valence-electron chi connectivity index (χ4n) is 6.12. The molecule has 2 N–H and O–H groups in total. The molecule has 0 bridgehead atoms. The summed E-state index contributed by atoms with van der Waals surface area (Å²) in [5.74, 6) is 2.55. The van der Waals surface area contributed by atoms with Gasteiger partial charge in [0.2, 0.25) is 0 Å². The van der Waals surface area contributed by atoms with Crippen LogP contribution in [-0.4, -0.2) is 51.3 Å². The molecule has 2 aromatic heterocycles. The van der Waals surface area contributed by atoms with Crippen molar-refractivity contribution >= 4 is 18.6 Å². The van der Waals surface area contributed by atoms with Crippen molar-refractivity contribution in [1.82, 2.24) is 9.97 Å². The van der Waals surface area contributed by atoms with Crippen LogP contribution < -0.4 is 18.9 Å². The van der Waals surface area contributed by atoms with E-state index >= 15 is 8.63 Å². The van der Waals surface area contributed by atoms with Crippen molar-refractivity contribution in [2.75, 3.05) is 28.4 Å². The zero-order valence-electron chi connectivity index (χ0n) is 27.8. The van der Waals surface area contributed by atoms with Gasteiger partial charge in [0.15, 0.2) is 0 Å². The van der Waals surface area contributed by atoms with Gasteiger partial charge in [-0.1, -0.05) is 48.5 Å². The summed E-state index contributed by atoms with van der Waals surface area (Å²) in [5, 5.41) is 0. The Kier molecular flexibility index (Phi) is 8.63. The topological polar surface area (TPSA) is 89.0 Å². The molecule has 7 rings (SSSR count). The molecule has 11 heteroatoms. The smallest absolute Gasteiger partial charge is 0.568 e. The van der Waals surface area contributed by atoms with Crippen molar-refractivity contribution in [2.45, 2.75) is 0 Å². The van der Waals surface area contributed by atoms with Crippen molar-refractivity contribution in [3.8, 4) is 67.5 Å².